The second kappa shape index (κ2) is 11.4. The molecule has 186 valence electrons. The summed E-state index contributed by atoms with van der Waals surface area (Å²) < 4.78 is 7.99. The van der Waals surface area contributed by atoms with E-state index in [2.05, 4.69) is 5.32 Å². The predicted octanol–water partition coefficient (Wildman–Crippen LogP) is 4.02. The monoisotopic (exact) mass is 517 g/mol. The van der Waals surface area contributed by atoms with Crippen LogP contribution < -0.4 is 20.1 Å². The van der Waals surface area contributed by atoms with Gasteiger partial charge in [0.1, 0.15) is 22.3 Å². The molecule has 0 saturated carbocycles. The van der Waals surface area contributed by atoms with Crippen molar-refractivity contribution in [2.45, 2.75) is 6.42 Å². The molecule has 0 radical (unpaired) electrons. The number of aromatic nitrogens is 1. The molecule has 1 amide bonds. The zero-order valence-electron chi connectivity index (χ0n) is 20.3. The van der Waals surface area contributed by atoms with E-state index in [1.165, 1.54) is 4.57 Å². The fourth-order valence-corrected chi connectivity index (χ4v) is 5.11. The van der Waals surface area contributed by atoms with Crippen molar-refractivity contribution in [2.24, 2.45) is 0 Å². The van der Waals surface area contributed by atoms with Gasteiger partial charge >= 0.3 is 0 Å². The van der Waals surface area contributed by atoms with E-state index >= 15 is 0 Å². The van der Waals surface area contributed by atoms with Crippen molar-refractivity contribution in [2.75, 3.05) is 6.54 Å². The number of carbonyl (C=O) groups excluding carboxylic acids is 1. The third-order valence-electron chi connectivity index (χ3n) is 5.89. The van der Waals surface area contributed by atoms with Crippen LogP contribution in [-0.2, 0) is 11.2 Å². The van der Waals surface area contributed by atoms with Gasteiger partial charge in [0.2, 0.25) is 0 Å². The summed E-state index contributed by atoms with van der Waals surface area (Å²) in [6.45, 7) is 0.364. The van der Waals surface area contributed by atoms with E-state index in [-0.39, 0.29) is 15.8 Å². The summed E-state index contributed by atoms with van der Waals surface area (Å²) >= 11 is 1.09. The van der Waals surface area contributed by atoms with Gasteiger partial charge in [-0.1, -0.05) is 78.9 Å². The molecule has 0 spiro atoms. The smallest absolute Gasteiger partial charge is 0.273 e. The molecule has 0 unspecified atom stereocenters. The first-order chi connectivity index (χ1) is 18.6. The number of nitriles is 1. The molecule has 0 bridgehead atoms. The number of amides is 1. The molecule has 0 atom stereocenters. The zero-order chi connectivity index (χ0) is 26.3. The molecule has 2 heterocycles. The van der Waals surface area contributed by atoms with Gasteiger partial charge in [0.05, 0.1) is 10.2 Å². The maximum Gasteiger partial charge on any atom is 0.273 e. The van der Waals surface area contributed by atoms with Gasteiger partial charge in [-0.15, -0.1) is 11.3 Å². The third-order valence-corrected chi connectivity index (χ3v) is 6.98. The summed E-state index contributed by atoms with van der Waals surface area (Å²) in [4.78, 5) is 26.6. The standard InChI is InChI=1S/C31H23N3O3S/c32-21-26(29(35)33-19-18-22-10-4-1-5-11-22)31-34(24-14-8-3-9-15-24)30(36)28(38-31)20-25-16-17-27(37-25)23-12-6-2-7-13-23/h1-17,20H,18-19H2,(H,33,35)/b28-20+,31-26+. The van der Waals surface area contributed by atoms with Crippen molar-refractivity contribution in [3.8, 4) is 23.1 Å². The van der Waals surface area contributed by atoms with Crippen LogP contribution in [0, 0.1) is 11.3 Å². The number of thiazole rings is 1. The van der Waals surface area contributed by atoms with Crippen LogP contribution >= 0.6 is 11.3 Å². The SMILES string of the molecule is N#C/C(C(=O)NCCc1ccccc1)=c1\s/c(=C/c2ccc(-c3ccccc3)o2)c(=O)n1-c1ccccc1. The van der Waals surface area contributed by atoms with Gasteiger partial charge in [-0.2, -0.15) is 5.26 Å². The first kappa shape index (κ1) is 24.8. The summed E-state index contributed by atoms with van der Waals surface area (Å²) in [5.41, 5.74) is 2.12. The van der Waals surface area contributed by atoms with Crippen LogP contribution in [0.3, 0.4) is 0 Å². The number of benzene rings is 3. The normalized spacial score (nSPS) is 12.1. The number of hydrogen-bond acceptors (Lipinski definition) is 5. The highest BCUT2D eigenvalue weighted by atomic mass is 32.1. The third kappa shape index (κ3) is 5.41. The first-order valence-electron chi connectivity index (χ1n) is 12.0. The Morgan fingerprint density at radius 1 is 0.921 bits per heavy atom. The molecule has 0 aliphatic carbocycles. The van der Waals surface area contributed by atoms with Crippen molar-refractivity contribution >= 4 is 28.9 Å². The molecular formula is C31H23N3O3S. The van der Waals surface area contributed by atoms with E-state index < -0.39 is 5.91 Å². The van der Waals surface area contributed by atoms with Crippen molar-refractivity contribution in [3.63, 3.8) is 0 Å². The highest BCUT2D eigenvalue weighted by Gasteiger charge is 2.17. The number of para-hydroxylation sites is 1. The highest BCUT2D eigenvalue weighted by molar-refractivity contribution is 7.07. The van der Waals surface area contributed by atoms with Gasteiger partial charge < -0.3 is 9.73 Å². The van der Waals surface area contributed by atoms with Gasteiger partial charge in [-0.3, -0.25) is 14.2 Å². The first-order valence-corrected chi connectivity index (χ1v) is 12.9. The van der Waals surface area contributed by atoms with Gasteiger partial charge in [0.25, 0.3) is 11.5 Å². The van der Waals surface area contributed by atoms with Crippen molar-refractivity contribution < 1.29 is 9.21 Å². The Balaban J connectivity index is 1.56. The number of rotatable bonds is 7. The molecule has 38 heavy (non-hydrogen) atoms. The van der Waals surface area contributed by atoms with Crippen molar-refractivity contribution in [1.29, 1.82) is 5.26 Å². The van der Waals surface area contributed by atoms with Gasteiger partial charge in [0, 0.05) is 18.2 Å². The minimum absolute atomic E-state index is 0.118. The quantitative estimate of drug-likeness (QED) is 0.353. The largest absolute Gasteiger partial charge is 0.457 e. The average molecular weight is 518 g/mol. The molecule has 6 nitrogen and oxygen atoms in total. The van der Waals surface area contributed by atoms with E-state index in [9.17, 15) is 14.9 Å². The second-order valence-electron chi connectivity index (χ2n) is 8.44. The molecule has 2 aromatic heterocycles. The van der Waals surface area contributed by atoms with Crippen molar-refractivity contribution in [3.05, 3.63) is 134 Å². The highest BCUT2D eigenvalue weighted by Crippen LogP contribution is 2.22. The number of hydrogen-bond donors (Lipinski definition) is 1. The van der Waals surface area contributed by atoms with Crippen LogP contribution in [-0.4, -0.2) is 17.0 Å². The number of nitrogens with zero attached hydrogens (tertiary/aromatic N) is 2. The Morgan fingerprint density at radius 3 is 2.26 bits per heavy atom. The van der Waals surface area contributed by atoms with E-state index in [0.717, 1.165) is 22.5 Å². The van der Waals surface area contributed by atoms with Crippen LogP contribution in [0.5, 0.6) is 0 Å². The Hall–Kier alpha value is -4.93. The van der Waals surface area contributed by atoms with Gasteiger partial charge in [0.15, 0.2) is 5.57 Å². The summed E-state index contributed by atoms with van der Waals surface area (Å²) in [6.07, 6.45) is 2.27. The summed E-state index contributed by atoms with van der Waals surface area (Å²) in [5, 5.41) is 12.8. The lowest BCUT2D eigenvalue weighted by Crippen LogP contribution is -2.34. The fourth-order valence-electron chi connectivity index (χ4n) is 4.03. The second-order valence-corrected chi connectivity index (χ2v) is 9.47. The molecule has 1 N–H and O–H groups in total. The summed E-state index contributed by atoms with van der Waals surface area (Å²) in [7, 11) is 0. The molecule has 0 aliphatic heterocycles. The fraction of sp³-hybridized carbons (Fsp3) is 0.0645. The number of carbonyl (C=O) groups is 1. The van der Waals surface area contributed by atoms with Crippen molar-refractivity contribution in [1.82, 2.24) is 9.88 Å². The Kier molecular flexibility index (Phi) is 7.44. The molecule has 0 saturated heterocycles. The molecular weight excluding hydrogens is 494 g/mol. The Morgan fingerprint density at radius 2 is 1.58 bits per heavy atom. The van der Waals surface area contributed by atoms with Crippen LogP contribution in [0.25, 0.3) is 28.7 Å². The zero-order valence-corrected chi connectivity index (χ0v) is 21.2. The Bertz CT molecular complexity index is 1780. The van der Waals surface area contributed by atoms with E-state index in [4.69, 9.17) is 4.42 Å². The minimum Gasteiger partial charge on any atom is -0.457 e. The molecule has 7 heteroatoms. The van der Waals surface area contributed by atoms with Crippen LogP contribution in [0.15, 0.2) is 112 Å². The topological polar surface area (TPSA) is 88.0 Å². The minimum atomic E-state index is -0.523. The van der Waals surface area contributed by atoms with Gasteiger partial charge in [-0.25, -0.2) is 0 Å². The summed E-state index contributed by atoms with van der Waals surface area (Å²) in [6, 6.07) is 34.1. The predicted molar refractivity (Wildman–Crippen MR) is 149 cm³/mol. The summed E-state index contributed by atoms with van der Waals surface area (Å²) in [5.74, 6) is 0.657. The molecule has 0 aliphatic rings. The number of nitrogens with one attached hydrogen (secondary N) is 1. The molecule has 0 fully saturated rings. The Labute approximate surface area is 223 Å². The van der Waals surface area contributed by atoms with Crippen LogP contribution in [0.4, 0.5) is 0 Å². The van der Waals surface area contributed by atoms with Crippen LogP contribution in [0.2, 0.25) is 0 Å². The average Bonchev–Trinajstić information content (AvgIpc) is 3.55. The molecule has 3 aromatic carbocycles. The number of furan rings is 1. The van der Waals surface area contributed by atoms with E-state index in [0.29, 0.717) is 34.7 Å². The lowest BCUT2D eigenvalue weighted by molar-refractivity contribution is -0.115. The lowest BCUT2D eigenvalue weighted by Gasteiger charge is -2.06. The van der Waals surface area contributed by atoms with Crippen LogP contribution in [0.1, 0.15) is 11.3 Å². The van der Waals surface area contributed by atoms with E-state index in [1.807, 2.05) is 78.9 Å². The maximum absolute atomic E-state index is 13.6. The van der Waals surface area contributed by atoms with Gasteiger partial charge in [-0.05, 0) is 36.2 Å². The van der Waals surface area contributed by atoms with E-state index in [1.54, 1.807) is 36.4 Å². The lowest BCUT2D eigenvalue weighted by atomic mass is 10.1. The molecule has 5 rings (SSSR count). The maximum atomic E-state index is 13.6. The molecule has 5 aromatic rings.